The van der Waals surface area contributed by atoms with Crippen molar-refractivity contribution in [2.24, 2.45) is 5.10 Å². The summed E-state index contributed by atoms with van der Waals surface area (Å²) < 4.78 is 18.4. The highest BCUT2D eigenvalue weighted by molar-refractivity contribution is 9.10. The predicted molar refractivity (Wildman–Crippen MR) is 117 cm³/mol. The van der Waals surface area contributed by atoms with E-state index in [0.717, 1.165) is 50.5 Å². The number of hydrogen-bond donors (Lipinski definition) is 0. The molecule has 0 aromatic heterocycles. The Balaban J connectivity index is 1.44. The van der Waals surface area contributed by atoms with Crippen molar-refractivity contribution in [2.75, 3.05) is 6.79 Å². The van der Waals surface area contributed by atoms with E-state index >= 15 is 0 Å². The summed E-state index contributed by atoms with van der Waals surface area (Å²) in [6.45, 7) is 0.255. The maximum absolute atomic E-state index is 6.39. The van der Waals surface area contributed by atoms with Crippen molar-refractivity contribution >= 4 is 33.2 Å². The van der Waals surface area contributed by atoms with Gasteiger partial charge in [-0.15, -0.1) is 0 Å². The highest BCUT2D eigenvalue weighted by atomic mass is 79.9. The standard InChI is InChI=1S/C23H16BrClN2O3/c24-15-3-1-2-14(8-15)23-27-19(17-10-16(25)5-7-20(17)30-23)11-18(26-27)13-4-6-21-22(9-13)29-12-28-21/h1-10,19,23H,11-12H2. The van der Waals surface area contributed by atoms with E-state index in [2.05, 4.69) is 28.1 Å². The van der Waals surface area contributed by atoms with E-state index in [4.69, 9.17) is 30.9 Å². The van der Waals surface area contributed by atoms with E-state index in [0.29, 0.717) is 5.02 Å². The van der Waals surface area contributed by atoms with Crippen LogP contribution in [-0.4, -0.2) is 17.5 Å². The van der Waals surface area contributed by atoms with Crippen LogP contribution in [0.2, 0.25) is 5.02 Å². The molecular weight excluding hydrogens is 468 g/mol. The molecule has 3 heterocycles. The maximum Gasteiger partial charge on any atom is 0.231 e. The van der Waals surface area contributed by atoms with Crippen LogP contribution in [0.3, 0.4) is 0 Å². The smallest absolute Gasteiger partial charge is 0.231 e. The first-order valence-electron chi connectivity index (χ1n) is 9.63. The first-order chi connectivity index (χ1) is 14.7. The quantitative estimate of drug-likeness (QED) is 0.443. The van der Waals surface area contributed by atoms with E-state index < -0.39 is 0 Å². The van der Waals surface area contributed by atoms with Gasteiger partial charge in [-0.05, 0) is 48.5 Å². The molecule has 0 N–H and O–H groups in total. The summed E-state index contributed by atoms with van der Waals surface area (Å²) in [7, 11) is 0. The van der Waals surface area contributed by atoms with Crippen molar-refractivity contribution in [3.63, 3.8) is 0 Å². The van der Waals surface area contributed by atoms with Gasteiger partial charge in [0.15, 0.2) is 11.5 Å². The zero-order valence-corrected chi connectivity index (χ0v) is 18.1. The second-order valence-corrected chi connectivity index (χ2v) is 8.77. The lowest BCUT2D eigenvalue weighted by Crippen LogP contribution is -2.33. The van der Waals surface area contributed by atoms with E-state index in [1.54, 1.807) is 0 Å². The average Bonchev–Trinajstić information content (AvgIpc) is 3.40. The number of benzene rings is 3. The molecule has 3 aliphatic heterocycles. The van der Waals surface area contributed by atoms with Crippen LogP contribution in [0.25, 0.3) is 0 Å². The van der Waals surface area contributed by atoms with Crippen molar-refractivity contribution in [3.05, 3.63) is 86.8 Å². The van der Waals surface area contributed by atoms with E-state index in [1.807, 2.05) is 53.5 Å². The number of hydrazone groups is 1. The summed E-state index contributed by atoms with van der Waals surface area (Å²) in [6.07, 6.45) is 0.425. The number of hydrogen-bond acceptors (Lipinski definition) is 5. The van der Waals surface area contributed by atoms with Crippen molar-refractivity contribution in [2.45, 2.75) is 18.7 Å². The second-order valence-electron chi connectivity index (χ2n) is 7.42. The highest BCUT2D eigenvalue weighted by Crippen LogP contribution is 2.48. The molecule has 30 heavy (non-hydrogen) atoms. The molecular formula is C23H16BrClN2O3. The molecule has 2 atom stereocenters. The Morgan fingerprint density at radius 2 is 1.83 bits per heavy atom. The van der Waals surface area contributed by atoms with Crippen LogP contribution >= 0.6 is 27.5 Å². The number of nitrogens with zero attached hydrogens (tertiary/aromatic N) is 2. The Hall–Kier alpha value is -2.70. The second kappa shape index (κ2) is 6.93. The molecule has 0 amide bonds. The van der Waals surface area contributed by atoms with Gasteiger partial charge in [0.25, 0.3) is 0 Å². The molecule has 2 unspecified atom stereocenters. The lowest BCUT2D eigenvalue weighted by molar-refractivity contribution is -0.0190. The molecule has 0 spiro atoms. The van der Waals surface area contributed by atoms with Gasteiger partial charge in [0.2, 0.25) is 13.0 Å². The zero-order chi connectivity index (χ0) is 20.2. The first kappa shape index (κ1) is 18.1. The van der Waals surface area contributed by atoms with Crippen molar-refractivity contribution < 1.29 is 14.2 Å². The summed E-state index contributed by atoms with van der Waals surface area (Å²) in [6, 6.07) is 19.9. The molecule has 0 radical (unpaired) electrons. The number of halogens is 2. The summed E-state index contributed by atoms with van der Waals surface area (Å²) in [5, 5.41) is 7.72. The molecule has 0 bridgehead atoms. The van der Waals surface area contributed by atoms with Crippen molar-refractivity contribution in [1.29, 1.82) is 0 Å². The van der Waals surface area contributed by atoms with Gasteiger partial charge in [0.1, 0.15) is 5.75 Å². The normalized spacial score (nSPS) is 21.0. The minimum absolute atomic E-state index is 0.0388. The summed E-state index contributed by atoms with van der Waals surface area (Å²) in [5.74, 6) is 2.36. The molecule has 0 saturated heterocycles. The third kappa shape index (κ3) is 2.94. The van der Waals surface area contributed by atoms with Crippen molar-refractivity contribution in [3.8, 4) is 17.2 Å². The molecule has 3 aromatic rings. The molecule has 0 aliphatic carbocycles. The van der Waals surface area contributed by atoms with Crippen LogP contribution in [0.1, 0.15) is 35.4 Å². The SMILES string of the molecule is Clc1ccc2c(c1)C1CC(c3ccc4c(c3)OCO4)=NN1C(c1cccc(Br)c1)O2. The Labute approximate surface area is 186 Å². The van der Waals surface area contributed by atoms with E-state index in [1.165, 1.54) is 0 Å². The largest absolute Gasteiger partial charge is 0.464 e. The molecule has 0 fully saturated rings. The summed E-state index contributed by atoms with van der Waals surface area (Å²) in [4.78, 5) is 0. The summed E-state index contributed by atoms with van der Waals surface area (Å²) in [5.41, 5.74) is 4.08. The summed E-state index contributed by atoms with van der Waals surface area (Å²) >= 11 is 9.88. The fourth-order valence-electron chi connectivity index (χ4n) is 4.19. The van der Waals surface area contributed by atoms with Crippen LogP contribution in [0.15, 0.2) is 70.2 Å². The third-order valence-electron chi connectivity index (χ3n) is 5.59. The van der Waals surface area contributed by atoms with Gasteiger partial charge in [-0.3, -0.25) is 0 Å². The lowest BCUT2D eigenvalue weighted by atomic mass is 9.95. The fraction of sp³-hybridized carbons (Fsp3) is 0.174. The highest BCUT2D eigenvalue weighted by Gasteiger charge is 2.41. The predicted octanol–water partition coefficient (Wildman–Crippen LogP) is 6.07. The zero-order valence-electron chi connectivity index (χ0n) is 15.7. The van der Waals surface area contributed by atoms with Gasteiger partial charge in [-0.25, -0.2) is 5.01 Å². The average molecular weight is 484 g/mol. The van der Waals surface area contributed by atoms with Crippen LogP contribution < -0.4 is 14.2 Å². The van der Waals surface area contributed by atoms with Gasteiger partial charge < -0.3 is 14.2 Å². The topological polar surface area (TPSA) is 43.3 Å². The fourth-order valence-corrected chi connectivity index (χ4v) is 4.79. The van der Waals surface area contributed by atoms with Gasteiger partial charge in [0.05, 0.1) is 11.8 Å². The van der Waals surface area contributed by atoms with Crippen LogP contribution in [0.5, 0.6) is 17.2 Å². The number of fused-ring (bicyclic) bond motifs is 4. The van der Waals surface area contributed by atoms with Gasteiger partial charge >= 0.3 is 0 Å². The van der Waals surface area contributed by atoms with Crippen LogP contribution in [0.4, 0.5) is 0 Å². The van der Waals surface area contributed by atoms with Crippen molar-refractivity contribution in [1.82, 2.24) is 5.01 Å². The van der Waals surface area contributed by atoms with Gasteiger partial charge in [-0.1, -0.05) is 39.7 Å². The Bertz CT molecular complexity index is 1200. The molecule has 3 aromatic carbocycles. The molecule has 150 valence electrons. The van der Waals surface area contributed by atoms with Crippen LogP contribution in [-0.2, 0) is 0 Å². The third-order valence-corrected chi connectivity index (χ3v) is 6.32. The molecule has 0 saturated carbocycles. The lowest BCUT2D eigenvalue weighted by Gasteiger charge is -2.38. The Morgan fingerprint density at radius 1 is 0.967 bits per heavy atom. The Morgan fingerprint density at radius 3 is 2.73 bits per heavy atom. The number of ether oxygens (including phenoxy) is 3. The molecule has 3 aliphatic rings. The molecule has 5 nitrogen and oxygen atoms in total. The maximum atomic E-state index is 6.39. The van der Waals surface area contributed by atoms with Crippen LogP contribution in [0, 0.1) is 0 Å². The minimum Gasteiger partial charge on any atom is -0.464 e. The first-order valence-corrected chi connectivity index (χ1v) is 10.8. The molecule has 6 rings (SSSR count). The van der Waals surface area contributed by atoms with Gasteiger partial charge in [0, 0.05) is 32.6 Å². The monoisotopic (exact) mass is 482 g/mol. The Kier molecular flexibility index (Phi) is 4.18. The minimum atomic E-state index is -0.326. The number of rotatable bonds is 2. The van der Waals surface area contributed by atoms with E-state index in [9.17, 15) is 0 Å². The van der Waals surface area contributed by atoms with E-state index in [-0.39, 0.29) is 19.1 Å². The molecule has 7 heteroatoms. The van der Waals surface area contributed by atoms with Gasteiger partial charge in [-0.2, -0.15) is 5.10 Å².